The van der Waals surface area contributed by atoms with Crippen molar-refractivity contribution in [1.82, 2.24) is 9.80 Å². The summed E-state index contributed by atoms with van der Waals surface area (Å²) in [5, 5.41) is 8.98. The number of fused-ring (bicyclic) bond motifs is 1. The molecule has 0 spiro atoms. The van der Waals surface area contributed by atoms with Crippen molar-refractivity contribution in [3.8, 4) is 11.8 Å². The van der Waals surface area contributed by atoms with E-state index in [2.05, 4.69) is 77.4 Å². The van der Waals surface area contributed by atoms with E-state index in [0.717, 1.165) is 75.9 Å². The second-order valence-corrected chi connectivity index (χ2v) is 10.8. The molecule has 4 heteroatoms. The van der Waals surface area contributed by atoms with Crippen LogP contribution in [0.1, 0.15) is 59.1 Å². The largest absolute Gasteiger partial charge is 0.494 e. The summed E-state index contributed by atoms with van der Waals surface area (Å²) in [7, 11) is 0. The fourth-order valence-corrected chi connectivity index (χ4v) is 5.78. The molecule has 0 saturated carbocycles. The molecule has 0 radical (unpaired) electrons. The van der Waals surface area contributed by atoms with Crippen LogP contribution in [0.5, 0.6) is 5.75 Å². The molecule has 0 bridgehead atoms. The van der Waals surface area contributed by atoms with E-state index >= 15 is 0 Å². The molecule has 2 heterocycles. The van der Waals surface area contributed by atoms with Crippen LogP contribution in [0.4, 0.5) is 0 Å². The first-order valence-electron chi connectivity index (χ1n) is 13.9. The Morgan fingerprint density at radius 2 is 1.70 bits per heavy atom. The standard InChI is InChI=1S/C33H39N3O/c1-26-5-2-3-6-31(26)24-36-17-4-7-30-12-13-33(21-32(30)25-36)37-20-16-27-14-18-35(19-15-27)23-29-10-8-28(22-34)9-11-29/h2-3,5-6,8-13,21,27H,4,7,14-20,23-25H2,1H3. The van der Waals surface area contributed by atoms with Gasteiger partial charge >= 0.3 is 0 Å². The van der Waals surface area contributed by atoms with Crippen LogP contribution in [0.15, 0.2) is 66.7 Å². The zero-order chi connectivity index (χ0) is 25.5. The molecular formula is C33H39N3O. The van der Waals surface area contributed by atoms with Crippen LogP contribution < -0.4 is 4.74 Å². The van der Waals surface area contributed by atoms with Gasteiger partial charge < -0.3 is 4.74 Å². The Bertz CT molecular complexity index is 1200. The molecule has 2 aliphatic rings. The van der Waals surface area contributed by atoms with Gasteiger partial charge in [0.05, 0.1) is 18.2 Å². The number of aryl methyl sites for hydroxylation is 2. The molecular weight excluding hydrogens is 454 g/mol. The van der Waals surface area contributed by atoms with Crippen molar-refractivity contribution in [3.05, 3.63) is 100 Å². The van der Waals surface area contributed by atoms with Crippen LogP contribution in [0.2, 0.25) is 0 Å². The molecule has 5 rings (SSSR count). The van der Waals surface area contributed by atoms with Crippen molar-refractivity contribution in [2.45, 2.75) is 58.7 Å². The Labute approximate surface area is 222 Å². The minimum absolute atomic E-state index is 0.733. The molecule has 3 aromatic rings. The van der Waals surface area contributed by atoms with Crippen molar-refractivity contribution < 1.29 is 4.74 Å². The Morgan fingerprint density at radius 3 is 2.49 bits per heavy atom. The van der Waals surface area contributed by atoms with E-state index < -0.39 is 0 Å². The van der Waals surface area contributed by atoms with Crippen LogP contribution >= 0.6 is 0 Å². The molecule has 2 aliphatic heterocycles. The minimum Gasteiger partial charge on any atom is -0.494 e. The number of ether oxygens (including phenoxy) is 1. The lowest BCUT2D eigenvalue weighted by Crippen LogP contribution is -2.33. The summed E-state index contributed by atoms with van der Waals surface area (Å²) in [5.74, 6) is 1.76. The van der Waals surface area contributed by atoms with Crippen LogP contribution in [-0.4, -0.2) is 36.0 Å². The Hall–Kier alpha value is -3.13. The van der Waals surface area contributed by atoms with Gasteiger partial charge in [-0.15, -0.1) is 0 Å². The lowest BCUT2D eigenvalue weighted by molar-refractivity contribution is 0.157. The molecule has 0 atom stereocenters. The topological polar surface area (TPSA) is 39.5 Å². The number of benzene rings is 3. The summed E-state index contributed by atoms with van der Waals surface area (Å²) in [4.78, 5) is 5.12. The summed E-state index contributed by atoms with van der Waals surface area (Å²) >= 11 is 0. The molecule has 3 aromatic carbocycles. The maximum Gasteiger partial charge on any atom is 0.119 e. The van der Waals surface area contributed by atoms with Gasteiger partial charge in [-0.05, 0) is 117 Å². The molecule has 0 aromatic heterocycles. The van der Waals surface area contributed by atoms with Gasteiger partial charge in [-0.2, -0.15) is 5.26 Å². The normalized spacial score (nSPS) is 17.1. The fraction of sp³-hybridized carbons (Fsp3) is 0.424. The zero-order valence-electron chi connectivity index (χ0n) is 22.2. The number of likely N-dealkylation sites (tertiary alicyclic amines) is 1. The third-order valence-electron chi connectivity index (χ3n) is 8.14. The predicted molar refractivity (Wildman–Crippen MR) is 149 cm³/mol. The fourth-order valence-electron chi connectivity index (χ4n) is 5.78. The van der Waals surface area contributed by atoms with Gasteiger partial charge in [-0.1, -0.05) is 42.5 Å². The van der Waals surface area contributed by atoms with E-state index in [1.54, 1.807) is 0 Å². The summed E-state index contributed by atoms with van der Waals surface area (Å²) in [6.45, 7) is 9.42. The van der Waals surface area contributed by atoms with E-state index in [1.165, 1.54) is 47.1 Å². The van der Waals surface area contributed by atoms with Crippen LogP contribution in [-0.2, 0) is 26.1 Å². The van der Waals surface area contributed by atoms with Crippen molar-refractivity contribution >= 4 is 0 Å². The summed E-state index contributed by atoms with van der Waals surface area (Å²) in [6, 6.07) is 25.7. The van der Waals surface area contributed by atoms with Crippen LogP contribution in [0, 0.1) is 24.2 Å². The Morgan fingerprint density at radius 1 is 0.892 bits per heavy atom. The second-order valence-electron chi connectivity index (χ2n) is 10.8. The van der Waals surface area contributed by atoms with Crippen molar-refractivity contribution in [3.63, 3.8) is 0 Å². The average molecular weight is 494 g/mol. The third kappa shape index (κ3) is 7.01. The van der Waals surface area contributed by atoms with Gasteiger partial charge in [0.2, 0.25) is 0 Å². The van der Waals surface area contributed by atoms with E-state index in [4.69, 9.17) is 10.00 Å². The monoisotopic (exact) mass is 493 g/mol. The highest BCUT2D eigenvalue weighted by Gasteiger charge is 2.20. The lowest BCUT2D eigenvalue weighted by atomic mass is 9.93. The van der Waals surface area contributed by atoms with E-state index in [9.17, 15) is 0 Å². The number of nitrogens with zero attached hydrogens (tertiary/aromatic N) is 3. The minimum atomic E-state index is 0.733. The molecule has 1 fully saturated rings. The number of nitriles is 1. The van der Waals surface area contributed by atoms with Gasteiger partial charge in [-0.25, -0.2) is 0 Å². The predicted octanol–water partition coefficient (Wildman–Crippen LogP) is 6.50. The number of hydrogen-bond donors (Lipinski definition) is 0. The van der Waals surface area contributed by atoms with Gasteiger partial charge in [-0.3, -0.25) is 9.80 Å². The molecule has 0 N–H and O–H groups in total. The molecule has 0 amide bonds. The molecule has 0 unspecified atom stereocenters. The number of hydrogen-bond acceptors (Lipinski definition) is 4. The Kier molecular flexibility index (Phi) is 8.56. The quantitative estimate of drug-likeness (QED) is 0.359. The van der Waals surface area contributed by atoms with Crippen LogP contribution in [0.25, 0.3) is 0 Å². The summed E-state index contributed by atoms with van der Waals surface area (Å²) < 4.78 is 6.27. The van der Waals surface area contributed by atoms with Crippen molar-refractivity contribution in [2.24, 2.45) is 5.92 Å². The smallest absolute Gasteiger partial charge is 0.119 e. The second kappa shape index (κ2) is 12.4. The van der Waals surface area contributed by atoms with Crippen molar-refractivity contribution in [1.29, 1.82) is 5.26 Å². The van der Waals surface area contributed by atoms with Gasteiger partial charge in [0, 0.05) is 19.6 Å². The van der Waals surface area contributed by atoms with Gasteiger partial charge in [0.25, 0.3) is 0 Å². The number of rotatable bonds is 8. The third-order valence-corrected chi connectivity index (χ3v) is 8.14. The number of piperidine rings is 1. The maximum atomic E-state index is 8.98. The van der Waals surface area contributed by atoms with E-state index in [0.29, 0.717) is 0 Å². The maximum absolute atomic E-state index is 8.98. The van der Waals surface area contributed by atoms with Gasteiger partial charge in [0.15, 0.2) is 0 Å². The molecule has 0 aliphatic carbocycles. The van der Waals surface area contributed by atoms with E-state index in [-0.39, 0.29) is 0 Å². The van der Waals surface area contributed by atoms with Crippen LogP contribution in [0.3, 0.4) is 0 Å². The first-order valence-corrected chi connectivity index (χ1v) is 13.9. The lowest BCUT2D eigenvalue weighted by Gasteiger charge is -2.32. The highest BCUT2D eigenvalue weighted by molar-refractivity contribution is 5.37. The van der Waals surface area contributed by atoms with Gasteiger partial charge in [0.1, 0.15) is 5.75 Å². The molecule has 1 saturated heterocycles. The first-order chi connectivity index (χ1) is 18.2. The highest BCUT2D eigenvalue weighted by atomic mass is 16.5. The average Bonchev–Trinajstić information content (AvgIpc) is 3.13. The SMILES string of the molecule is Cc1ccccc1CN1CCCc2ccc(OCCC3CCN(Cc4ccc(C#N)cc4)CC3)cc2C1. The van der Waals surface area contributed by atoms with E-state index in [1.807, 2.05) is 12.1 Å². The zero-order valence-corrected chi connectivity index (χ0v) is 22.2. The molecule has 4 nitrogen and oxygen atoms in total. The van der Waals surface area contributed by atoms with Crippen molar-refractivity contribution in [2.75, 3.05) is 26.2 Å². The summed E-state index contributed by atoms with van der Waals surface area (Å²) in [6.07, 6.45) is 5.96. The first kappa shape index (κ1) is 25.5. The highest BCUT2D eigenvalue weighted by Crippen LogP contribution is 2.27. The molecule has 37 heavy (non-hydrogen) atoms. The summed E-state index contributed by atoms with van der Waals surface area (Å²) in [5.41, 5.74) is 7.75. The Balaban J connectivity index is 1.08. The molecule has 192 valence electrons.